The summed E-state index contributed by atoms with van der Waals surface area (Å²) in [5.41, 5.74) is 8.03. The van der Waals surface area contributed by atoms with E-state index in [1.54, 1.807) is 6.07 Å². The maximum absolute atomic E-state index is 11.1. The molecular formula is C17H18N2O. The van der Waals surface area contributed by atoms with Gasteiger partial charge >= 0.3 is 0 Å². The molecule has 2 rings (SSSR count). The minimum absolute atomic E-state index is 0.393. The third kappa shape index (κ3) is 4.37. The second-order valence-electron chi connectivity index (χ2n) is 4.51. The lowest BCUT2D eigenvalue weighted by atomic mass is 10.1. The zero-order valence-corrected chi connectivity index (χ0v) is 11.3. The Balaban J connectivity index is 1.80. The van der Waals surface area contributed by atoms with E-state index in [1.165, 1.54) is 5.56 Å². The smallest absolute Gasteiger partial charge is 0.248 e. The van der Waals surface area contributed by atoms with Gasteiger partial charge in [-0.15, -0.1) is 0 Å². The first-order chi connectivity index (χ1) is 9.75. The first-order valence-corrected chi connectivity index (χ1v) is 6.57. The monoisotopic (exact) mass is 266 g/mol. The first-order valence-electron chi connectivity index (χ1n) is 6.57. The predicted octanol–water partition coefficient (Wildman–Crippen LogP) is 2.59. The Labute approximate surface area is 119 Å². The lowest BCUT2D eigenvalue weighted by Crippen LogP contribution is -2.15. The van der Waals surface area contributed by atoms with Crippen molar-refractivity contribution in [1.82, 2.24) is 5.32 Å². The van der Waals surface area contributed by atoms with Crippen molar-refractivity contribution in [1.29, 1.82) is 0 Å². The molecule has 2 aromatic rings. The first kappa shape index (κ1) is 14.0. The van der Waals surface area contributed by atoms with Crippen LogP contribution in [0, 0.1) is 0 Å². The van der Waals surface area contributed by atoms with Gasteiger partial charge in [-0.1, -0.05) is 54.6 Å². The molecule has 3 N–H and O–H groups in total. The van der Waals surface area contributed by atoms with Crippen LogP contribution in [0.1, 0.15) is 21.5 Å². The van der Waals surface area contributed by atoms with E-state index in [-0.39, 0.29) is 0 Å². The number of hydrogen-bond acceptors (Lipinski definition) is 2. The molecule has 0 fully saturated rings. The highest BCUT2D eigenvalue weighted by Crippen LogP contribution is 2.04. The van der Waals surface area contributed by atoms with Gasteiger partial charge in [0.15, 0.2) is 0 Å². The van der Waals surface area contributed by atoms with E-state index in [1.807, 2.05) is 36.4 Å². The normalized spacial score (nSPS) is 10.8. The Bertz CT molecular complexity index is 591. The van der Waals surface area contributed by atoms with Crippen molar-refractivity contribution in [3.63, 3.8) is 0 Å². The summed E-state index contributed by atoms with van der Waals surface area (Å²) in [6.45, 7) is 1.48. The fourth-order valence-electron chi connectivity index (χ4n) is 1.89. The third-order valence-corrected chi connectivity index (χ3v) is 2.91. The van der Waals surface area contributed by atoms with E-state index >= 15 is 0 Å². The van der Waals surface area contributed by atoms with E-state index in [4.69, 9.17) is 5.73 Å². The molecule has 0 aromatic heterocycles. The minimum atomic E-state index is -0.393. The van der Waals surface area contributed by atoms with Gasteiger partial charge in [0.2, 0.25) is 5.91 Å². The van der Waals surface area contributed by atoms with E-state index in [2.05, 4.69) is 29.6 Å². The molecule has 0 spiro atoms. The number of nitrogens with two attached hydrogens (primary N) is 1. The van der Waals surface area contributed by atoms with Gasteiger partial charge in [0, 0.05) is 18.7 Å². The number of carbonyl (C=O) groups is 1. The number of amides is 1. The third-order valence-electron chi connectivity index (χ3n) is 2.91. The Kier molecular flexibility index (Phi) is 5.09. The molecule has 0 radical (unpaired) electrons. The topological polar surface area (TPSA) is 55.1 Å². The molecule has 0 unspecified atom stereocenters. The van der Waals surface area contributed by atoms with Gasteiger partial charge in [-0.2, -0.15) is 0 Å². The summed E-state index contributed by atoms with van der Waals surface area (Å²) in [6.07, 6.45) is 4.15. The second-order valence-corrected chi connectivity index (χ2v) is 4.51. The number of benzene rings is 2. The average molecular weight is 266 g/mol. The summed E-state index contributed by atoms with van der Waals surface area (Å²) >= 11 is 0. The van der Waals surface area contributed by atoms with Crippen LogP contribution in [-0.2, 0) is 6.54 Å². The minimum Gasteiger partial charge on any atom is -0.366 e. The SMILES string of the molecule is NC(=O)c1cccc(CNC/C=C\c2ccccc2)c1. The predicted molar refractivity (Wildman–Crippen MR) is 82.1 cm³/mol. The zero-order chi connectivity index (χ0) is 14.2. The molecule has 3 heteroatoms. The molecule has 0 saturated heterocycles. The van der Waals surface area contributed by atoms with Gasteiger partial charge in [0.25, 0.3) is 0 Å². The van der Waals surface area contributed by atoms with E-state index in [9.17, 15) is 4.79 Å². The number of carbonyl (C=O) groups excluding carboxylic acids is 1. The van der Waals surface area contributed by atoms with E-state index < -0.39 is 5.91 Å². The molecule has 0 atom stereocenters. The zero-order valence-electron chi connectivity index (χ0n) is 11.3. The van der Waals surface area contributed by atoms with Gasteiger partial charge < -0.3 is 11.1 Å². The Morgan fingerprint density at radius 1 is 1.10 bits per heavy atom. The van der Waals surface area contributed by atoms with Crippen LogP contribution >= 0.6 is 0 Å². The number of primary amides is 1. The molecule has 2 aromatic carbocycles. The quantitative estimate of drug-likeness (QED) is 0.790. The van der Waals surface area contributed by atoms with Crippen LogP contribution in [0.25, 0.3) is 6.08 Å². The van der Waals surface area contributed by atoms with Crippen LogP contribution in [-0.4, -0.2) is 12.5 Å². The van der Waals surface area contributed by atoms with Gasteiger partial charge in [0.1, 0.15) is 0 Å². The van der Waals surface area contributed by atoms with Gasteiger partial charge in [-0.3, -0.25) is 4.79 Å². The van der Waals surface area contributed by atoms with Gasteiger partial charge in [0.05, 0.1) is 0 Å². The maximum atomic E-state index is 11.1. The number of nitrogens with one attached hydrogen (secondary N) is 1. The van der Waals surface area contributed by atoms with Crippen molar-refractivity contribution in [3.8, 4) is 0 Å². The molecular weight excluding hydrogens is 248 g/mol. The highest BCUT2D eigenvalue weighted by atomic mass is 16.1. The lowest BCUT2D eigenvalue weighted by molar-refractivity contribution is 0.1000. The molecule has 3 nitrogen and oxygen atoms in total. The molecule has 0 heterocycles. The van der Waals surface area contributed by atoms with Crippen molar-refractivity contribution in [2.45, 2.75) is 6.54 Å². The maximum Gasteiger partial charge on any atom is 0.248 e. The Morgan fingerprint density at radius 2 is 1.90 bits per heavy atom. The van der Waals surface area contributed by atoms with E-state index in [0.29, 0.717) is 12.1 Å². The van der Waals surface area contributed by atoms with E-state index in [0.717, 1.165) is 12.1 Å². The summed E-state index contributed by atoms with van der Waals surface area (Å²) in [7, 11) is 0. The van der Waals surface area contributed by atoms with Crippen LogP contribution in [0.5, 0.6) is 0 Å². The van der Waals surface area contributed by atoms with Crippen molar-refractivity contribution in [3.05, 3.63) is 77.4 Å². The molecule has 1 amide bonds. The molecule has 0 aliphatic heterocycles. The van der Waals surface area contributed by atoms with Crippen LogP contribution in [0.15, 0.2) is 60.7 Å². The summed E-state index contributed by atoms with van der Waals surface area (Å²) in [6, 6.07) is 17.5. The number of rotatable bonds is 6. The Morgan fingerprint density at radius 3 is 2.65 bits per heavy atom. The van der Waals surface area contributed by atoms with Crippen LogP contribution in [0.3, 0.4) is 0 Å². The highest BCUT2D eigenvalue weighted by Gasteiger charge is 2.00. The summed E-state index contributed by atoms with van der Waals surface area (Å²) in [5, 5.41) is 3.30. The lowest BCUT2D eigenvalue weighted by Gasteiger charge is -2.03. The fourth-order valence-corrected chi connectivity index (χ4v) is 1.89. The molecule has 0 bridgehead atoms. The number of hydrogen-bond donors (Lipinski definition) is 2. The fraction of sp³-hybridized carbons (Fsp3) is 0.118. The molecule has 102 valence electrons. The molecule has 20 heavy (non-hydrogen) atoms. The van der Waals surface area contributed by atoms with Crippen LogP contribution in [0.4, 0.5) is 0 Å². The highest BCUT2D eigenvalue weighted by molar-refractivity contribution is 5.92. The largest absolute Gasteiger partial charge is 0.366 e. The standard InChI is InChI=1S/C17H18N2O/c18-17(20)16-10-4-8-15(12-16)13-19-11-5-9-14-6-2-1-3-7-14/h1-10,12,19H,11,13H2,(H2,18,20)/b9-5-. The summed E-state index contributed by atoms with van der Waals surface area (Å²) in [4.78, 5) is 11.1. The molecule has 0 saturated carbocycles. The van der Waals surface area contributed by atoms with Crippen molar-refractivity contribution in [2.75, 3.05) is 6.54 Å². The Hall–Kier alpha value is -2.39. The van der Waals surface area contributed by atoms with Crippen molar-refractivity contribution < 1.29 is 4.79 Å². The van der Waals surface area contributed by atoms with Crippen LogP contribution < -0.4 is 11.1 Å². The molecule has 0 aliphatic carbocycles. The summed E-state index contributed by atoms with van der Waals surface area (Å²) in [5.74, 6) is -0.393. The average Bonchev–Trinajstić information content (AvgIpc) is 2.48. The summed E-state index contributed by atoms with van der Waals surface area (Å²) < 4.78 is 0. The van der Waals surface area contributed by atoms with Crippen molar-refractivity contribution >= 4 is 12.0 Å². The van der Waals surface area contributed by atoms with Gasteiger partial charge in [-0.05, 0) is 23.3 Å². The van der Waals surface area contributed by atoms with Crippen molar-refractivity contribution in [2.24, 2.45) is 5.73 Å². The second kappa shape index (κ2) is 7.26. The molecule has 0 aliphatic rings. The van der Waals surface area contributed by atoms with Crippen LogP contribution in [0.2, 0.25) is 0 Å². The van der Waals surface area contributed by atoms with Gasteiger partial charge in [-0.25, -0.2) is 0 Å².